The Kier molecular flexibility index (Phi) is 2.46. The minimum absolute atomic E-state index is 0.0744. The van der Waals surface area contributed by atoms with Crippen LogP contribution in [0.3, 0.4) is 0 Å². The molecule has 0 radical (unpaired) electrons. The van der Waals surface area contributed by atoms with Crippen molar-refractivity contribution in [1.82, 2.24) is 5.32 Å². The van der Waals surface area contributed by atoms with Crippen molar-refractivity contribution in [3.8, 4) is 11.5 Å². The van der Waals surface area contributed by atoms with E-state index in [0.29, 0.717) is 6.79 Å². The van der Waals surface area contributed by atoms with E-state index in [1.54, 1.807) is 0 Å². The second-order valence-corrected chi connectivity index (χ2v) is 4.04. The van der Waals surface area contributed by atoms with Crippen LogP contribution in [0.25, 0.3) is 0 Å². The second-order valence-electron chi connectivity index (χ2n) is 4.04. The fraction of sp³-hybridized carbons (Fsp3) is 0.500. The lowest BCUT2D eigenvalue weighted by Crippen LogP contribution is -2.25. The molecule has 0 aliphatic carbocycles. The smallest absolute Gasteiger partial charge is 0.231 e. The van der Waals surface area contributed by atoms with Crippen molar-refractivity contribution in [2.24, 2.45) is 0 Å². The highest BCUT2D eigenvalue weighted by Crippen LogP contribution is 2.43. The Morgan fingerprint density at radius 1 is 1.38 bits per heavy atom. The predicted molar refractivity (Wildman–Crippen MR) is 58.9 cm³/mol. The van der Waals surface area contributed by atoms with Gasteiger partial charge in [-0.2, -0.15) is 0 Å². The van der Waals surface area contributed by atoms with Crippen molar-refractivity contribution >= 4 is 0 Å². The van der Waals surface area contributed by atoms with Gasteiger partial charge in [0.15, 0.2) is 11.5 Å². The Morgan fingerprint density at radius 2 is 2.31 bits per heavy atom. The topological polar surface area (TPSA) is 39.7 Å². The maximum absolute atomic E-state index is 5.77. The molecule has 1 aromatic carbocycles. The van der Waals surface area contributed by atoms with Crippen LogP contribution >= 0.6 is 0 Å². The van der Waals surface area contributed by atoms with Gasteiger partial charge in [-0.25, -0.2) is 0 Å². The summed E-state index contributed by atoms with van der Waals surface area (Å²) < 4.78 is 16.7. The standard InChI is InChI=1S/C12H15NO3/c1-13-6-10-11-8(4-5-14-10)2-3-9-12(11)16-7-15-9/h2-3,10,13H,4-7H2,1H3/t10-/m1/s1. The maximum Gasteiger partial charge on any atom is 0.231 e. The first-order valence-electron chi connectivity index (χ1n) is 5.57. The molecule has 0 bridgehead atoms. The van der Waals surface area contributed by atoms with Crippen LogP contribution in [0.4, 0.5) is 0 Å². The number of hydrogen-bond donors (Lipinski definition) is 1. The van der Waals surface area contributed by atoms with Crippen LogP contribution in [0, 0.1) is 0 Å². The summed E-state index contributed by atoms with van der Waals surface area (Å²) in [5, 5.41) is 3.15. The van der Waals surface area contributed by atoms with Crippen LogP contribution in [-0.4, -0.2) is 27.0 Å². The van der Waals surface area contributed by atoms with Gasteiger partial charge in [-0.3, -0.25) is 0 Å². The molecule has 86 valence electrons. The van der Waals surface area contributed by atoms with Gasteiger partial charge in [0.25, 0.3) is 0 Å². The highest BCUT2D eigenvalue weighted by Gasteiger charge is 2.29. The molecule has 2 heterocycles. The number of ether oxygens (including phenoxy) is 3. The summed E-state index contributed by atoms with van der Waals surface area (Å²) in [6, 6.07) is 4.11. The van der Waals surface area contributed by atoms with Crippen molar-refractivity contribution < 1.29 is 14.2 Å². The summed E-state index contributed by atoms with van der Waals surface area (Å²) in [6.07, 6.45) is 1.03. The van der Waals surface area contributed by atoms with Crippen LogP contribution in [-0.2, 0) is 11.2 Å². The molecular formula is C12H15NO3. The van der Waals surface area contributed by atoms with Gasteiger partial charge in [-0.15, -0.1) is 0 Å². The Labute approximate surface area is 94.5 Å². The zero-order chi connectivity index (χ0) is 11.0. The molecular weight excluding hydrogens is 206 g/mol. The monoisotopic (exact) mass is 221 g/mol. The van der Waals surface area contributed by atoms with Gasteiger partial charge in [0, 0.05) is 12.1 Å². The molecule has 0 saturated carbocycles. The Morgan fingerprint density at radius 3 is 3.19 bits per heavy atom. The first-order chi connectivity index (χ1) is 7.90. The van der Waals surface area contributed by atoms with Crippen LogP contribution < -0.4 is 14.8 Å². The highest BCUT2D eigenvalue weighted by molar-refractivity contribution is 5.54. The number of benzene rings is 1. The average molecular weight is 221 g/mol. The van der Waals surface area contributed by atoms with Gasteiger partial charge < -0.3 is 19.5 Å². The van der Waals surface area contributed by atoms with Gasteiger partial charge in [0.1, 0.15) is 0 Å². The van der Waals surface area contributed by atoms with Crippen LogP contribution in [0.1, 0.15) is 17.2 Å². The number of fused-ring (bicyclic) bond motifs is 3. The SMILES string of the molecule is CNC[C@H]1OCCc2ccc3c(c21)OCO3. The lowest BCUT2D eigenvalue weighted by atomic mass is 9.96. The second kappa shape index (κ2) is 3.96. The van der Waals surface area contributed by atoms with Gasteiger partial charge in [-0.05, 0) is 25.1 Å². The van der Waals surface area contributed by atoms with E-state index in [9.17, 15) is 0 Å². The quantitative estimate of drug-likeness (QED) is 0.816. The number of nitrogens with one attached hydrogen (secondary N) is 1. The van der Waals surface area contributed by atoms with Crippen molar-refractivity contribution in [3.63, 3.8) is 0 Å². The van der Waals surface area contributed by atoms with Crippen LogP contribution in [0.5, 0.6) is 11.5 Å². The molecule has 4 nitrogen and oxygen atoms in total. The minimum Gasteiger partial charge on any atom is -0.454 e. The zero-order valence-electron chi connectivity index (χ0n) is 9.29. The van der Waals surface area contributed by atoms with E-state index in [4.69, 9.17) is 14.2 Å². The normalized spacial score (nSPS) is 21.9. The van der Waals surface area contributed by atoms with E-state index in [-0.39, 0.29) is 6.10 Å². The number of hydrogen-bond acceptors (Lipinski definition) is 4. The lowest BCUT2D eigenvalue weighted by molar-refractivity contribution is 0.0415. The Hall–Kier alpha value is -1.26. The first-order valence-corrected chi connectivity index (χ1v) is 5.57. The first kappa shape index (κ1) is 9.93. The van der Waals surface area contributed by atoms with E-state index in [1.807, 2.05) is 13.1 Å². The summed E-state index contributed by atoms with van der Waals surface area (Å²) in [7, 11) is 1.93. The van der Waals surface area contributed by atoms with Crippen LogP contribution in [0.15, 0.2) is 12.1 Å². The number of likely N-dealkylation sites (N-methyl/N-ethyl adjacent to an activating group) is 1. The zero-order valence-corrected chi connectivity index (χ0v) is 9.29. The molecule has 2 aliphatic heterocycles. The summed E-state index contributed by atoms with van der Waals surface area (Å²) in [6.45, 7) is 1.89. The molecule has 2 aliphatic rings. The van der Waals surface area contributed by atoms with Gasteiger partial charge >= 0.3 is 0 Å². The van der Waals surface area contributed by atoms with Crippen LogP contribution in [0.2, 0.25) is 0 Å². The minimum atomic E-state index is 0.0744. The lowest BCUT2D eigenvalue weighted by Gasteiger charge is -2.26. The molecule has 0 fully saturated rings. The largest absolute Gasteiger partial charge is 0.454 e. The van der Waals surface area contributed by atoms with Crippen molar-refractivity contribution in [3.05, 3.63) is 23.3 Å². The van der Waals surface area contributed by atoms with Crippen molar-refractivity contribution in [2.75, 3.05) is 27.0 Å². The molecule has 0 saturated heterocycles. The fourth-order valence-corrected chi connectivity index (χ4v) is 2.35. The molecule has 0 aromatic heterocycles. The fourth-order valence-electron chi connectivity index (χ4n) is 2.35. The summed E-state index contributed by atoms with van der Waals surface area (Å²) >= 11 is 0. The summed E-state index contributed by atoms with van der Waals surface area (Å²) in [5.74, 6) is 1.71. The summed E-state index contributed by atoms with van der Waals surface area (Å²) in [4.78, 5) is 0. The van der Waals surface area contributed by atoms with Gasteiger partial charge in [-0.1, -0.05) is 6.07 Å². The molecule has 0 spiro atoms. The molecule has 4 heteroatoms. The molecule has 1 atom stereocenters. The van der Waals surface area contributed by atoms with E-state index in [0.717, 1.165) is 36.6 Å². The molecule has 3 rings (SSSR count). The molecule has 0 unspecified atom stereocenters. The van der Waals surface area contributed by atoms with E-state index in [1.165, 1.54) is 5.56 Å². The molecule has 16 heavy (non-hydrogen) atoms. The van der Waals surface area contributed by atoms with Crippen molar-refractivity contribution in [1.29, 1.82) is 0 Å². The van der Waals surface area contributed by atoms with Gasteiger partial charge in [0.05, 0.1) is 12.7 Å². The van der Waals surface area contributed by atoms with E-state index >= 15 is 0 Å². The third-order valence-corrected chi connectivity index (χ3v) is 3.07. The molecule has 1 aromatic rings. The van der Waals surface area contributed by atoms with E-state index < -0.39 is 0 Å². The third-order valence-electron chi connectivity index (χ3n) is 3.07. The predicted octanol–water partition coefficient (Wildman–Crippen LogP) is 1.25. The Balaban J connectivity index is 2.06. The highest BCUT2D eigenvalue weighted by atomic mass is 16.7. The third kappa shape index (κ3) is 1.45. The Bertz CT molecular complexity index is 405. The van der Waals surface area contributed by atoms with E-state index in [2.05, 4.69) is 11.4 Å². The van der Waals surface area contributed by atoms with Gasteiger partial charge in [0.2, 0.25) is 6.79 Å². The maximum atomic E-state index is 5.77. The average Bonchev–Trinajstić information content (AvgIpc) is 2.77. The number of rotatable bonds is 2. The molecule has 1 N–H and O–H groups in total. The summed E-state index contributed by atoms with van der Waals surface area (Å²) in [5.41, 5.74) is 2.48. The molecule has 0 amide bonds. The van der Waals surface area contributed by atoms with Crippen molar-refractivity contribution in [2.45, 2.75) is 12.5 Å².